The molecule has 0 amide bonds. The summed E-state index contributed by atoms with van der Waals surface area (Å²) in [6.45, 7) is 0.612. The predicted octanol–water partition coefficient (Wildman–Crippen LogP) is 4.42. The SMILES string of the molecule is NC1CCC2(CC1)Nc1ccccc1NC2=NCc1cccc(Cl)c1. The molecule has 1 aliphatic heterocycles. The van der Waals surface area contributed by atoms with Gasteiger partial charge in [0, 0.05) is 11.1 Å². The van der Waals surface area contributed by atoms with Gasteiger partial charge in [0.15, 0.2) is 0 Å². The maximum Gasteiger partial charge on any atom is 0.127 e. The topological polar surface area (TPSA) is 62.4 Å². The van der Waals surface area contributed by atoms with Crippen LogP contribution < -0.4 is 16.4 Å². The van der Waals surface area contributed by atoms with E-state index in [2.05, 4.69) is 34.9 Å². The number of aliphatic imine (C=N–C) groups is 1. The summed E-state index contributed by atoms with van der Waals surface area (Å²) in [7, 11) is 0. The third-order valence-corrected chi connectivity index (χ3v) is 5.44. The van der Waals surface area contributed by atoms with E-state index < -0.39 is 0 Å². The molecule has 2 aromatic rings. The first-order valence-electron chi connectivity index (χ1n) is 8.84. The van der Waals surface area contributed by atoms with Crippen molar-refractivity contribution in [3.05, 3.63) is 59.1 Å². The summed E-state index contributed by atoms with van der Waals surface area (Å²) in [5.74, 6) is 1.01. The van der Waals surface area contributed by atoms with Crippen molar-refractivity contribution in [2.45, 2.75) is 43.8 Å². The molecule has 0 aromatic heterocycles. The van der Waals surface area contributed by atoms with E-state index in [-0.39, 0.29) is 5.54 Å². The highest BCUT2D eigenvalue weighted by molar-refractivity contribution is 6.30. The van der Waals surface area contributed by atoms with E-state index in [1.54, 1.807) is 0 Å². The lowest BCUT2D eigenvalue weighted by Gasteiger charge is -2.45. The van der Waals surface area contributed by atoms with Gasteiger partial charge in [-0.3, -0.25) is 4.99 Å². The van der Waals surface area contributed by atoms with Crippen molar-refractivity contribution in [2.24, 2.45) is 10.7 Å². The molecule has 0 unspecified atom stereocenters. The number of benzene rings is 2. The maximum absolute atomic E-state index is 6.14. The van der Waals surface area contributed by atoms with Gasteiger partial charge in [-0.25, -0.2) is 0 Å². The minimum absolute atomic E-state index is 0.150. The van der Waals surface area contributed by atoms with Crippen molar-refractivity contribution in [2.75, 3.05) is 10.6 Å². The van der Waals surface area contributed by atoms with Crippen LogP contribution in [0.25, 0.3) is 0 Å². The molecule has 4 rings (SSSR count). The average Bonchev–Trinajstić information content (AvgIpc) is 2.62. The van der Waals surface area contributed by atoms with Crippen LogP contribution in [-0.2, 0) is 6.54 Å². The molecule has 1 heterocycles. The summed E-state index contributed by atoms with van der Waals surface area (Å²) in [6.07, 6.45) is 3.99. The van der Waals surface area contributed by atoms with Crippen LogP contribution in [0.5, 0.6) is 0 Å². The van der Waals surface area contributed by atoms with Gasteiger partial charge in [0.25, 0.3) is 0 Å². The second-order valence-electron chi connectivity index (χ2n) is 7.01. The van der Waals surface area contributed by atoms with E-state index in [1.165, 1.54) is 0 Å². The molecule has 4 nitrogen and oxygen atoms in total. The zero-order chi connectivity index (χ0) is 17.3. The molecule has 4 N–H and O–H groups in total. The quantitative estimate of drug-likeness (QED) is 0.748. The number of nitrogens with two attached hydrogens (primary N) is 1. The summed E-state index contributed by atoms with van der Waals surface area (Å²) in [5.41, 5.74) is 9.32. The molecule has 0 bridgehead atoms. The van der Waals surface area contributed by atoms with E-state index in [9.17, 15) is 0 Å². The summed E-state index contributed by atoms with van der Waals surface area (Å²) in [5, 5.41) is 8.07. The van der Waals surface area contributed by atoms with Crippen molar-refractivity contribution in [3.63, 3.8) is 0 Å². The van der Waals surface area contributed by atoms with Crippen LogP contribution >= 0.6 is 11.6 Å². The van der Waals surface area contributed by atoms with Crippen LogP contribution in [0.2, 0.25) is 5.02 Å². The Balaban J connectivity index is 1.66. The number of amidine groups is 1. The predicted molar refractivity (Wildman–Crippen MR) is 105 cm³/mol. The number of fused-ring (bicyclic) bond motifs is 1. The van der Waals surface area contributed by atoms with Crippen LogP contribution in [0.3, 0.4) is 0 Å². The molecule has 1 aliphatic carbocycles. The first-order chi connectivity index (χ1) is 12.1. The van der Waals surface area contributed by atoms with Crippen molar-refractivity contribution < 1.29 is 0 Å². The highest BCUT2D eigenvalue weighted by Gasteiger charge is 2.42. The average molecular weight is 355 g/mol. The molecule has 1 spiro atoms. The van der Waals surface area contributed by atoms with Crippen LogP contribution in [0, 0.1) is 0 Å². The van der Waals surface area contributed by atoms with Crippen molar-refractivity contribution in [3.8, 4) is 0 Å². The van der Waals surface area contributed by atoms with Gasteiger partial charge in [0.1, 0.15) is 5.84 Å². The van der Waals surface area contributed by atoms with Crippen molar-refractivity contribution >= 4 is 28.8 Å². The fourth-order valence-electron chi connectivity index (χ4n) is 3.76. The smallest absolute Gasteiger partial charge is 0.127 e. The van der Waals surface area contributed by atoms with Crippen molar-refractivity contribution in [1.82, 2.24) is 0 Å². The first kappa shape index (κ1) is 16.4. The molecule has 1 saturated carbocycles. The normalized spacial score (nSPS) is 26.8. The molecule has 1 fully saturated rings. The highest BCUT2D eigenvalue weighted by Crippen LogP contribution is 2.39. The molecule has 2 aromatic carbocycles. The van der Waals surface area contributed by atoms with Crippen LogP contribution in [-0.4, -0.2) is 17.4 Å². The number of nitrogens with one attached hydrogen (secondary N) is 2. The number of anilines is 2. The van der Waals surface area contributed by atoms with Gasteiger partial charge in [-0.2, -0.15) is 0 Å². The van der Waals surface area contributed by atoms with Gasteiger partial charge in [-0.1, -0.05) is 35.9 Å². The third kappa shape index (κ3) is 3.37. The molecule has 0 radical (unpaired) electrons. The number of hydrogen-bond acceptors (Lipinski definition) is 3. The standard InChI is InChI=1S/C20H23ClN4/c21-15-5-3-4-14(12-15)13-23-19-20(10-8-16(22)9-11-20)25-18-7-2-1-6-17(18)24-19/h1-7,12,16,25H,8-11,13,22H2,(H,23,24). The van der Waals surface area contributed by atoms with Crippen LogP contribution in [0.15, 0.2) is 53.5 Å². The Labute approximate surface area is 153 Å². The van der Waals surface area contributed by atoms with E-state index >= 15 is 0 Å². The Morgan fingerprint density at radius 1 is 1.08 bits per heavy atom. The van der Waals surface area contributed by atoms with E-state index in [1.807, 2.05) is 24.3 Å². The number of halogens is 1. The third-order valence-electron chi connectivity index (χ3n) is 5.20. The Morgan fingerprint density at radius 2 is 1.84 bits per heavy atom. The molecular formula is C20H23ClN4. The van der Waals surface area contributed by atoms with Crippen LogP contribution in [0.4, 0.5) is 11.4 Å². The lowest BCUT2D eigenvalue weighted by molar-refractivity contribution is 0.363. The number of hydrogen-bond donors (Lipinski definition) is 3. The van der Waals surface area contributed by atoms with Gasteiger partial charge in [0.2, 0.25) is 0 Å². The highest BCUT2D eigenvalue weighted by atomic mass is 35.5. The molecule has 2 aliphatic rings. The van der Waals surface area contributed by atoms with Gasteiger partial charge in [0.05, 0.1) is 23.5 Å². The van der Waals surface area contributed by atoms with Crippen molar-refractivity contribution in [1.29, 1.82) is 0 Å². The fourth-order valence-corrected chi connectivity index (χ4v) is 3.97. The molecule has 0 saturated heterocycles. The molecule has 130 valence electrons. The van der Waals surface area contributed by atoms with Crippen LogP contribution in [0.1, 0.15) is 31.2 Å². The Morgan fingerprint density at radius 3 is 2.60 bits per heavy atom. The maximum atomic E-state index is 6.14. The summed E-state index contributed by atoms with van der Waals surface area (Å²) < 4.78 is 0. The molecular weight excluding hydrogens is 332 g/mol. The van der Waals surface area contributed by atoms with Gasteiger partial charge in [-0.05, 0) is 55.5 Å². The molecule has 25 heavy (non-hydrogen) atoms. The molecule has 0 atom stereocenters. The monoisotopic (exact) mass is 354 g/mol. The van der Waals surface area contributed by atoms with Gasteiger partial charge in [-0.15, -0.1) is 0 Å². The van der Waals surface area contributed by atoms with E-state index in [4.69, 9.17) is 22.3 Å². The lowest BCUT2D eigenvalue weighted by Crippen LogP contribution is -2.55. The largest absolute Gasteiger partial charge is 0.371 e. The zero-order valence-electron chi connectivity index (χ0n) is 14.1. The number of para-hydroxylation sites is 2. The summed E-state index contributed by atoms with van der Waals surface area (Å²) in [6, 6.07) is 16.5. The fraction of sp³-hybridized carbons (Fsp3) is 0.350. The Kier molecular flexibility index (Phi) is 4.40. The minimum atomic E-state index is -0.150. The number of nitrogens with zero attached hydrogens (tertiary/aromatic N) is 1. The summed E-state index contributed by atoms with van der Waals surface area (Å²) in [4.78, 5) is 4.94. The lowest BCUT2D eigenvalue weighted by atomic mass is 9.77. The Hall–Kier alpha value is -2.04. The second-order valence-corrected chi connectivity index (χ2v) is 7.45. The van der Waals surface area contributed by atoms with Gasteiger partial charge >= 0.3 is 0 Å². The second kappa shape index (κ2) is 6.70. The van der Waals surface area contributed by atoms with Gasteiger partial charge < -0.3 is 16.4 Å². The summed E-state index contributed by atoms with van der Waals surface area (Å²) >= 11 is 6.10. The first-order valence-corrected chi connectivity index (χ1v) is 9.22. The zero-order valence-corrected chi connectivity index (χ0v) is 14.9. The van der Waals surface area contributed by atoms with E-state index in [0.717, 1.165) is 53.5 Å². The number of rotatable bonds is 2. The van der Waals surface area contributed by atoms with E-state index in [0.29, 0.717) is 12.6 Å². The Bertz CT molecular complexity index is 794. The molecule has 5 heteroatoms. The minimum Gasteiger partial charge on any atom is -0.371 e.